The van der Waals surface area contributed by atoms with Gasteiger partial charge in [-0.3, -0.25) is 9.10 Å². The highest BCUT2D eigenvalue weighted by Crippen LogP contribution is 2.27. The number of aryl methyl sites for hydroxylation is 2. The molecule has 1 amide bonds. The van der Waals surface area contributed by atoms with E-state index in [0.717, 1.165) is 11.1 Å². The Bertz CT molecular complexity index is 1160. The van der Waals surface area contributed by atoms with Crippen LogP contribution >= 0.6 is 11.6 Å². The number of benzene rings is 3. The van der Waals surface area contributed by atoms with E-state index in [1.54, 1.807) is 31.2 Å². The van der Waals surface area contributed by atoms with E-state index in [9.17, 15) is 13.2 Å². The number of hydrogen-bond acceptors (Lipinski definition) is 3. The number of amides is 1. The third-order valence-electron chi connectivity index (χ3n) is 4.56. The second-order valence-electron chi connectivity index (χ2n) is 6.75. The minimum atomic E-state index is -3.80. The number of halogens is 1. The molecule has 3 rings (SSSR count). The molecule has 0 spiro atoms. The second kappa shape index (κ2) is 8.27. The molecule has 0 radical (unpaired) electrons. The Morgan fingerprint density at radius 2 is 1.66 bits per heavy atom. The molecule has 0 aliphatic carbocycles. The fraction of sp³-hybridized carbons (Fsp3) is 0.136. The second-order valence-corrected chi connectivity index (χ2v) is 9.16. The maximum absolute atomic E-state index is 13.0. The summed E-state index contributed by atoms with van der Waals surface area (Å²) in [5, 5.41) is 3.30. The number of carbonyl (C=O) groups excluding carboxylic acids is 1. The number of sulfonamides is 1. The van der Waals surface area contributed by atoms with Gasteiger partial charge >= 0.3 is 0 Å². The lowest BCUT2D eigenvalue weighted by Crippen LogP contribution is -2.27. The summed E-state index contributed by atoms with van der Waals surface area (Å²) in [5.74, 6) is -0.311. The van der Waals surface area contributed by atoms with E-state index in [4.69, 9.17) is 11.6 Å². The molecule has 0 saturated carbocycles. The van der Waals surface area contributed by atoms with Crippen LogP contribution in [-0.2, 0) is 10.0 Å². The number of rotatable bonds is 5. The van der Waals surface area contributed by atoms with Crippen molar-refractivity contribution in [3.05, 3.63) is 88.4 Å². The summed E-state index contributed by atoms with van der Waals surface area (Å²) >= 11 is 5.86. The molecule has 0 atom stereocenters. The van der Waals surface area contributed by atoms with Crippen LogP contribution in [0.25, 0.3) is 0 Å². The van der Waals surface area contributed by atoms with E-state index >= 15 is 0 Å². The molecule has 7 heteroatoms. The van der Waals surface area contributed by atoms with Gasteiger partial charge in [-0.25, -0.2) is 8.42 Å². The van der Waals surface area contributed by atoms with Crippen molar-refractivity contribution >= 4 is 38.9 Å². The van der Waals surface area contributed by atoms with Gasteiger partial charge in [0.2, 0.25) is 0 Å². The summed E-state index contributed by atoms with van der Waals surface area (Å²) in [6.07, 6.45) is 0. The van der Waals surface area contributed by atoms with Crippen molar-refractivity contribution in [1.82, 2.24) is 0 Å². The summed E-state index contributed by atoms with van der Waals surface area (Å²) < 4.78 is 27.2. The van der Waals surface area contributed by atoms with Crippen LogP contribution < -0.4 is 9.62 Å². The molecular formula is C22H21ClN2O3S. The predicted octanol–water partition coefficient (Wildman–Crippen LogP) is 5.03. The molecule has 1 N–H and O–H groups in total. The minimum absolute atomic E-state index is 0.124. The van der Waals surface area contributed by atoms with Crippen molar-refractivity contribution in [3.63, 3.8) is 0 Å². The first-order valence-electron chi connectivity index (χ1n) is 8.91. The smallest absolute Gasteiger partial charge is 0.264 e. The molecule has 0 aromatic heterocycles. The number of nitrogens with zero attached hydrogens (tertiary/aromatic N) is 1. The van der Waals surface area contributed by atoms with Crippen molar-refractivity contribution in [2.75, 3.05) is 16.7 Å². The van der Waals surface area contributed by atoms with Gasteiger partial charge in [-0.2, -0.15) is 0 Å². The monoisotopic (exact) mass is 428 g/mol. The van der Waals surface area contributed by atoms with Crippen LogP contribution in [0.4, 0.5) is 11.4 Å². The number of carbonyl (C=O) groups is 1. The normalized spacial score (nSPS) is 11.2. The zero-order valence-electron chi connectivity index (χ0n) is 16.3. The molecule has 0 unspecified atom stereocenters. The van der Waals surface area contributed by atoms with E-state index in [1.165, 1.54) is 35.6 Å². The highest BCUT2D eigenvalue weighted by Gasteiger charge is 2.23. The molecule has 5 nitrogen and oxygen atoms in total. The van der Waals surface area contributed by atoms with Gasteiger partial charge in [0.15, 0.2) is 0 Å². The lowest BCUT2D eigenvalue weighted by Gasteiger charge is -2.22. The third-order valence-corrected chi connectivity index (χ3v) is 6.60. The lowest BCUT2D eigenvalue weighted by atomic mass is 10.1. The lowest BCUT2D eigenvalue weighted by molar-refractivity contribution is 0.102. The van der Waals surface area contributed by atoms with E-state index in [1.807, 2.05) is 25.1 Å². The van der Waals surface area contributed by atoms with Gasteiger partial charge in [0.1, 0.15) is 0 Å². The maximum Gasteiger partial charge on any atom is 0.264 e. The van der Waals surface area contributed by atoms with Crippen LogP contribution in [0.2, 0.25) is 5.02 Å². The highest BCUT2D eigenvalue weighted by molar-refractivity contribution is 7.92. The summed E-state index contributed by atoms with van der Waals surface area (Å²) in [4.78, 5) is 12.8. The van der Waals surface area contributed by atoms with Crippen LogP contribution in [0.5, 0.6) is 0 Å². The van der Waals surface area contributed by atoms with E-state index < -0.39 is 10.0 Å². The standard InChI is InChI=1S/C22H21ClN2O3S/c1-15-5-4-6-19(13-15)24-22(26)17-8-7-16(2)21(14-17)25(3)29(27,28)20-11-9-18(23)10-12-20/h4-14H,1-3H3,(H,24,26). The van der Waals surface area contributed by atoms with Gasteiger partial charge < -0.3 is 5.32 Å². The summed E-state index contributed by atoms with van der Waals surface area (Å²) in [5.41, 5.74) is 3.24. The fourth-order valence-corrected chi connectivity index (χ4v) is 4.29. The Kier molecular flexibility index (Phi) is 5.96. The molecule has 0 bridgehead atoms. The fourth-order valence-electron chi connectivity index (χ4n) is 2.91. The molecule has 0 saturated heterocycles. The number of nitrogens with one attached hydrogen (secondary N) is 1. The van der Waals surface area contributed by atoms with Crippen molar-refractivity contribution < 1.29 is 13.2 Å². The van der Waals surface area contributed by atoms with Gasteiger partial charge in [0.05, 0.1) is 10.6 Å². The number of hydrogen-bond donors (Lipinski definition) is 1. The van der Waals surface area contributed by atoms with Crippen LogP contribution in [0.1, 0.15) is 21.5 Å². The summed E-state index contributed by atoms with van der Waals surface area (Å²) in [6, 6.07) is 18.4. The van der Waals surface area contributed by atoms with Crippen LogP contribution in [0, 0.1) is 13.8 Å². The molecule has 29 heavy (non-hydrogen) atoms. The Hall–Kier alpha value is -2.83. The van der Waals surface area contributed by atoms with Gasteiger partial charge in [0.25, 0.3) is 15.9 Å². The van der Waals surface area contributed by atoms with Gasteiger partial charge in [-0.05, 0) is 73.5 Å². The van der Waals surface area contributed by atoms with Crippen molar-refractivity contribution in [2.45, 2.75) is 18.7 Å². The zero-order chi connectivity index (χ0) is 21.2. The van der Waals surface area contributed by atoms with Gasteiger partial charge in [-0.15, -0.1) is 0 Å². The van der Waals surface area contributed by atoms with Crippen molar-refractivity contribution in [2.24, 2.45) is 0 Å². The Morgan fingerprint density at radius 1 is 0.966 bits per heavy atom. The maximum atomic E-state index is 13.0. The predicted molar refractivity (Wildman–Crippen MR) is 117 cm³/mol. The highest BCUT2D eigenvalue weighted by atomic mass is 35.5. The Morgan fingerprint density at radius 3 is 2.31 bits per heavy atom. The van der Waals surface area contributed by atoms with Crippen LogP contribution in [-0.4, -0.2) is 21.4 Å². The molecular weight excluding hydrogens is 408 g/mol. The first kappa shape index (κ1) is 20.9. The average molecular weight is 429 g/mol. The molecule has 0 heterocycles. The quantitative estimate of drug-likeness (QED) is 0.619. The Balaban J connectivity index is 1.92. The molecule has 0 fully saturated rings. The van der Waals surface area contributed by atoms with E-state index in [0.29, 0.717) is 22.0 Å². The zero-order valence-corrected chi connectivity index (χ0v) is 17.9. The summed E-state index contributed by atoms with van der Waals surface area (Å²) in [7, 11) is -2.33. The van der Waals surface area contributed by atoms with Gasteiger partial charge in [0, 0.05) is 23.3 Å². The molecule has 3 aromatic carbocycles. The minimum Gasteiger partial charge on any atom is -0.322 e. The SMILES string of the molecule is Cc1cccc(NC(=O)c2ccc(C)c(N(C)S(=O)(=O)c3ccc(Cl)cc3)c2)c1. The van der Waals surface area contributed by atoms with Gasteiger partial charge in [-0.1, -0.05) is 29.8 Å². The average Bonchev–Trinajstić information content (AvgIpc) is 2.68. The topological polar surface area (TPSA) is 66.5 Å². The molecule has 0 aliphatic heterocycles. The third kappa shape index (κ3) is 4.60. The van der Waals surface area contributed by atoms with Crippen LogP contribution in [0.3, 0.4) is 0 Å². The van der Waals surface area contributed by atoms with Crippen molar-refractivity contribution in [1.29, 1.82) is 0 Å². The first-order chi connectivity index (χ1) is 13.7. The molecule has 3 aromatic rings. The van der Waals surface area contributed by atoms with E-state index in [-0.39, 0.29) is 10.8 Å². The van der Waals surface area contributed by atoms with Crippen molar-refractivity contribution in [3.8, 4) is 0 Å². The molecule has 150 valence electrons. The first-order valence-corrected chi connectivity index (χ1v) is 10.7. The molecule has 0 aliphatic rings. The van der Waals surface area contributed by atoms with Crippen LogP contribution in [0.15, 0.2) is 71.6 Å². The largest absolute Gasteiger partial charge is 0.322 e. The number of anilines is 2. The Labute approximate surface area is 176 Å². The summed E-state index contributed by atoms with van der Waals surface area (Å²) in [6.45, 7) is 3.74. The van der Waals surface area contributed by atoms with E-state index in [2.05, 4.69) is 5.32 Å².